The summed E-state index contributed by atoms with van der Waals surface area (Å²) in [5, 5.41) is 15.6. The Hall–Kier alpha value is -3.85. The number of aryl methyl sites for hydroxylation is 1. The first-order valence-electron chi connectivity index (χ1n) is 13.7. The second kappa shape index (κ2) is 13.5. The SMILES string of the molecule is Cc1cc2cc(F)cc(C3=CCN(CCC(C(=O)C4CCCCC4)c4ccccn4)CC3)c2o1.O=C(O)C(=O)O. The highest BCUT2D eigenvalue weighted by molar-refractivity contribution is 6.27. The maximum Gasteiger partial charge on any atom is 0.414 e. The summed E-state index contributed by atoms with van der Waals surface area (Å²) in [6.45, 7) is 4.42. The molecule has 0 bridgehead atoms. The number of fused-ring (bicyclic) bond motifs is 1. The topological polar surface area (TPSA) is 121 Å². The fourth-order valence-electron chi connectivity index (χ4n) is 5.64. The van der Waals surface area contributed by atoms with Crippen LogP contribution in [0.2, 0.25) is 0 Å². The lowest BCUT2D eigenvalue weighted by molar-refractivity contribution is -0.159. The van der Waals surface area contributed by atoms with Gasteiger partial charge in [-0.05, 0) is 75.1 Å². The number of Topliss-reactive ketones (excluding diaryl/α,β-unsaturated/α-hetero) is 1. The molecule has 1 aliphatic carbocycles. The van der Waals surface area contributed by atoms with Crippen LogP contribution in [0.25, 0.3) is 16.5 Å². The fourth-order valence-corrected chi connectivity index (χ4v) is 5.64. The van der Waals surface area contributed by atoms with Crippen LogP contribution < -0.4 is 0 Å². The van der Waals surface area contributed by atoms with E-state index >= 15 is 0 Å². The van der Waals surface area contributed by atoms with Gasteiger partial charge in [0.2, 0.25) is 0 Å². The van der Waals surface area contributed by atoms with Crippen LogP contribution in [-0.2, 0) is 14.4 Å². The molecule has 1 saturated carbocycles. The Morgan fingerprint density at radius 1 is 1.10 bits per heavy atom. The summed E-state index contributed by atoms with van der Waals surface area (Å²) in [6, 6.07) is 10.9. The predicted octanol–water partition coefficient (Wildman–Crippen LogP) is 5.84. The van der Waals surface area contributed by atoms with E-state index in [1.165, 1.54) is 12.5 Å². The van der Waals surface area contributed by atoms with E-state index in [1.54, 1.807) is 12.3 Å². The van der Waals surface area contributed by atoms with Crippen LogP contribution in [0.3, 0.4) is 0 Å². The summed E-state index contributed by atoms with van der Waals surface area (Å²) in [5.74, 6) is -2.66. The summed E-state index contributed by atoms with van der Waals surface area (Å²) in [5.41, 5.74) is 3.67. The van der Waals surface area contributed by atoms with Gasteiger partial charge in [0.25, 0.3) is 0 Å². The van der Waals surface area contributed by atoms with Crippen molar-refractivity contribution >= 4 is 34.3 Å². The molecule has 2 aromatic heterocycles. The molecule has 1 fully saturated rings. The zero-order valence-corrected chi connectivity index (χ0v) is 22.6. The van der Waals surface area contributed by atoms with Crippen molar-refractivity contribution in [3.8, 4) is 0 Å². The zero-order valence-electron chi connectivity index (χ0n) is 22.6. The smallest absolute Gasteiger partial charge is 0.414 e. The van der Waals surface area contributed by atoms with Gasteiger partial charge in [-0.25, -0.2) is 14.0 Å². The minimum Gasteiger partial charge on any atom is -0.473 e. The van der Waals surface area contributed by atoms with E-state index in [0.717, 1.165) is 91.7 Å². The number of carbonyl (C=O) groups excluding carboxylic acids is 1. The number of pyridine rings is 1. The number of ketones is 1. The van der Waals surface area contributed by atoms with Crippen LogP contribution in [-0.4, -0.2) is 57.5 Å². The third-order valence-electron chi connectivity index (χ3n) is 7.66. The molecule has 0 amide bonds. The molecule has 1 aliphatic heterocycles. The number of benzene rings is 1. The van der Waals surface area contributed by atoms with Crippen molar-refractivity contribution in [2.75, 3.05) is 19.6 Å². The van der Waals surface area contributed by atoms with Gasteiger partial charge in [-0.2, -0.15) is 0 Å². The molecule has 0 spiro atoms. The second-order valence-electron chi connectivity index (χ2n) is 10.5. The molecule has 9 heteroatoms. The average molecular weight is 551 g/mol. The number of rotatable bonds is 7. The van der Waals surface area contributed by atoms with Crippen LogP contribution >= 0.6 is 0 Å². The highest BCUT2D eigenvalue weighted by Crippen LogP contribution is 2.34. The number of nitrogens with zero attached hydrogens (tertiary/aromatic N) is 2. The number of hydrogen-bond donors (Lipinski definition) is 2. The molecular formula is C31H35FN2O6. The largest absolute Gasteiger partial charge is 0.473 e. The van der Waals surface area contributed by atoms with E-state index < -0.39 is 11.9 Å². The molecular weight excluding hydrogens is 515 g/mol. The van der Waals surface area contributed by atoms with Crippen molar-refractivity contribution in [1.82, 2.24) is 9.88 Å². The van der Waals surface area contributed by atoms with E-state index in [9.17, 15) is 9.18 Å². The molecule has 1 aromatic carbocycles. The molecule has 1 unspecified atom stereocenters. The predicted molar refractivity (Wildman–Crippen MR) is 148 cm³/mol. The first-order valence-corrected chi connectivity index (χ1v) is 13.7. The van der Waals surface area contributed by atoms with Gasteiger partial charge in [0.05, 0.1) is 11.6 Å². The molecule has 5 rings (SSSR count). The number of aromatic nitrogens is 1. The monoisotopic (exact) mass is 550 g/mol. The average Bonchev–Trinajstić information content (AvgIpc) is 3.34. The van der Waals surface area contributed by atoms with Gasteiger partial charge in [-0.3, -0.25) is 14.7 Å². The maximum atomic E-state index is 14.2. The van der Waals surface area contributed by atoms with Crippen molar-refractivity contribution in [1.29, 1.82) is 0 Å². The summed E-state index contributed by atoms with van der Waals surface area (Å²) in [4.78, 5) is 38.6. The van der Waals surface area contributed by atoms with Crippen molar-refractivity contribution in [2.45, 2.75) is 57.8 Å². The van der Waals surface area contributed by atoms with Crippen molar-refractivity contribution in [2.24, 2.45) is 5.92 Å². The summed E-state index contributed by atoms with van der Waals surface area (Å²) in [6.07, 6.45) is 11.2. The number of hydrogen-bond acceptors (Lipinski definition) is 6. The summed E-state index contributed by atoms with van der Waals surface area (Å²) in [7, 11) is 0. The first-order chi connectivity index (χ1) is 19.2. The molecule has 0 radical (unpaired) electrons. The van der Waals surface area contributed by atoms with E-state index in [0.29, 0.717) is 5.78 Å². The first kappa shape index (κ1) is 29.1. The number of carbonyl (C=O) groups is 3. The van der Waals surface area contributed by atoms with Gasteiger partial charge in [-0.1, -0.05) is 31.4 Å². The molecule has 8 nitrogen and oxygen atoms in total. The van der Waals surface area contributed by atoms with Crippen molar-refractivity contribution in [3.63, 3.8) is 0 Å². The molecule has 3 heterocycles. The number of carboxylic acid groups (broad SMARTS) is 2. The molecule has 3 aromatic rings. The van der Waals surface area contributed by atoms with Crippen molar-refractivity contribution in [3.05, 3.63) is 71.5 Å². The van der Waals surface area contributed by atoms with Gasteiger partial charge in [0.1, 0.15) is 22.9 Å². The van der Waals surface area contributed by atoms with Crippen molar-refractivity contribution < 1.29 is 33.4 Å². The Morgan fingerprint density at radius 3 is 2.48 bits per heavy atom. The summed E-state index contributed by atoms with van der Waals surface area (Å²) >= 11 is 0. The Morgan fingerprint density at radius 2 is 1.85 bits per heavy atom. The summed E-state index contributed by atoms with van der Waals surface area (Å²) < 4.78 is 20.1. The second-order valence-corrected chi connectivity index (χ2v) is 10.5. The quantitative estimate of drug-likeness (QED) is 0.352. The van der Waals surface area contributed by atoms with E-state index in [1.807, 2.05) is 31.2 Å². The Balaban J connectivity index is 0.000000557. The van der Waals surface area contributed by atoms with E-state index in [-0.39, 0.29) is 17.7 Å². The highest BCUT2D eigenvalue weighted by Gasteiger charge is 2.30. The lowest BCUT2D eigenvalue weighted by Gasteiger charge is -2.29. The Labute approximate surface area is 232 Å². The van der Waals surface area contributed by atoms with Gasteiger partial charge >= 0.3 is 11.9 Å². The molecule has 2 aliphatic rings. The van der Waals surface area contributed by atoms with Gasteiger partial charge in [-0.15, -0.1) is 0 Å². The molecule has 1 atom stereocenters. The molecule has 2 N–H and O–H groups in total. The van der Waals surface area contributed by atoms with Gasteiger partial charge < -0.3 is 14.6 Å². The minimum atomic E-state index is -1.82. The zero-order chi connectivity index (χ0) is 28.6. The minimum absolute atomic E-state index is 0.136. The number of halogens is 1. The molecule has 212 valence electrons. The van der Waals surface area contributed by atoms with E-state index in [2.05, 4.69) is 16.0 Å². The molecule has 0 saturated heterocycles. The maximum absolute atomic E-state index is 14.2. The third kappa shape index (κ3) is 7.41. The van der Waals surface area contributed by atoms with Crippen LogP contribution in [0.15, 0.2) is 53.1 Å². The van der Waals surface area contributed by atoms with Crippen LogP contribution in [0.1, 0.15) is 67.9 Å². The van der Waals surface area contributed by atoms with Crippen LogP contribution in [0.4, 0.5) is 4.39 Å². The fraction of sp³-hybridized carbons (Fsp3) is 0.419. The normalized spacial score (nSPS) is 17.0. The highest BCUT2D eigenvalue weighted by atomic mass is 19.1. The number of aliphatic carboxylic acids is 2. The number of carboxylic acids is 2. The Bertz CT molecular complexity index is 1370. The van der Waals surface area contributed by atoms with Gasteiger partial charge in [0, 0.05) is 36.2 Å². The third-order valence-corrected chi connectivity index (χ3v) is 7.66. The lowest BCUT2D eigenvalue weighted by atomic mass is 9.79. The van der Waals surface area contributed by atoms with Crippen LogP contribution in [0.5, 0.6) is 0 Å². The standard InChI is InChI=1S/C29H33FN2O2.C2H2O4/c1-20-17-23-18-24(30)19-26(29(23)34-20)21-10-14-32(15-11-21)16-12-25(27-9-5-6-13-31-27)28(33)22-7-3-2-4-8-22;3-1(4)2(5)6/h5-6,9-10,13,17-19,22,25H,2-4,7-8,11-12,14-16H2,1H3;(H,3,4)(H,5,6). The van der Waals surface area contributed by atoms with E-state index in [4.69, 9.17) is 24.2 Å². The number of furan rings is 1. The molecule has 40 heavy (non-hydrogen) atoms. The Kier molecular flexibility index (Phi) is 9.82. The van der Waals surface area contributed by atoms with Crippen LogP contribution in [0, 0.1) is 18.7 Å². The lowest BCUT2D eigenvalue weighted by Crippen LogP contribution is -2.33. The van der Waals surface area contributed by atoms with Gasteiger partial charge in [0.15, 0.2) is 0 Å².